The third-order valence-corrected chi connectivity index (χ3v) is 4.13. The number of carbonyl (C=O) groups is 2. The molecule has 1 aromatic carbocycles. The van der Waals surface area contributed by atoms with Crippen LogP contribution in [0.5, 0.6) is 0 Å². The van der Waals surface area contributed by atoms with Crippen LogP contribution in [0.2, 0.25) is 0 Å². The Kier molecular flexibility index (Phi) is 9.21. The molecule has 0 aliphatic carbocycles. The number of nitrogens with one attached hydrogen (secondary N) is 2. The molecule has 0 radical (unpaired) electrons. The quantitative estimate of drug-likeness (QED) is 0.679. The molecule has 0 aliphatic rings. The number of hydrogen-bond donors (Lipinski definition) is 2. The zero-order valence-electron chi connectivity index (χ0n) is 14.0. The van der Waals surface area contributed by atoms with Gasteiger partial charge < -0.3 is 15.4 Å². The minimum Gasteiger partial charge on any atom is -0.467 e. The monoisotopic (exact) mass is 338 g/mol. The average Bonchev–Trinajstić information content (AvgIpc) is 2.56. The number of aryl methyl sites for hydroxylation is 1. The minimum absolute atomic E-state index is 0.0223. The molecule has 0 spiro atoms. The number of methoxy groups -OCH3 is 1. The molecule has 2 amide bonds. The van der Waals surface area contributed by atoms with E-state index in [1.165, 1.54) is 12.7 Å². The second kappa shape index (κ2) is 10.9. The molecule has 0 fully saturated rings. The lowest BCUT2D eigenvalue weighted by atomic mass is 10.1. The van der Waals surface area contributed by atoms with Crippen molar-refractivity contribution >= 4 is 23.8 Å². The van der Waals surface area contributed by atoms with Crippen molar-refractivity contribution in [2.75, 3.05) is 19.1 Å². The topological polar surface area (TPSA) is 67.4 Å². The smallest absolute Gasteiger partial charge is 0.328 e. The van der Waals surface area contributed by atoms with Gasteiger partial charge >= 0.3 is 12.0 Å². The Morgan fingerprint density at radius 2 is 1.87 bits per heavy atom. The molecule has 2 atom stereocenters. The average molecular weight is 338 g/mol. The molecule has 1 aromatic rings. The zero-order valence-corrected chi connectivity index (χ0v) is 14.8. The summed E-state index contributed by atoms with van der Waals surface area (Å²) in [5.74, 6) is 0.370. The number of rotatable bonds is 9. The van der Waals surface area contributed by atoms with Gasteiger partial charge in [0, 0.05) is 6.04 Å². The zero-order chi connectivity index (χ0) is 17.1. The molecular weight excluding hydrogens is 312 g/mol. The first-order chi connectivity index (χ1) is 11.1. The Morgan fingerprint density at radius 3 is 2.48 bits per heavy atom. The molecule has 6 heteroatoms. The molecule has 23 heavy (non-hydrogen) atoms. The first-order valence-corrected chi connectivity index (χ1v) is 9.14. The predicted molar refractivity (Wildman–Crippen MR) is 94.7 cm³/mol. The Morgan fingerprint density at radius 1 is 1.17 bits per heavy atom. The van der Waals surface area contributed by atoms with E-state index in [4.69, 9.17) is 4.74 Å². The molecule has 0 saturated heterocycles. The van der Waals surface area contributed by atoms with E-state index in [1.54, 1.807) is 11.8 Å². The SMILES string of the molecule is COC(=O)[C@H](CCSC)NC(=O)NC(C)CCc1ccccc1. The lowest BCUT2D eigenvalue weighted by Gasteiger charge is -2.19. The highest BCUT2D eigenvalue weighted by Gasteiger charge is 2.21. The Labute approximate surface area is 142 Å². The standard InChI is InChI=1S/C17H26N2O3S/c1-13(9-10-14-7-5-4-6-8-14)18-17(21)19-15(11-12-23-3)16(20)22-2/h4-8,13,15H,9-12H2,1-3H3,(H2,18,19,21)/t13?,15-/m0/s1. The lowest BCUT2D eigenvalue weighted by molar-refractivity contribution is -0.142. The van der Waals surface area contributed by atoms with E-state index in [1.807, 2.05) is 31.4 Å². The van der Waals surface area contributed by atoms with Crippen LogP contribution >= 0.6 is 11.8 Å². The van der Waals surface area contributed by atoms with Crippen LogP contribution in [0.25, 0.3) is 0 Å². The van der Waals surface area contributed by atoms with Crippen LogP contribution < -0.4 is 10.6 Å². The summed E-state index contributed by atoms with van der Waals surface area (Å²) in [6.45, 7) is 1.96. The molecule has 2 N–H and O–H groups in total. The normalized spacial score (nSPS) is 13.0. The molecule has 0 heterocycles. The van der Waals surface area contributed by atoms with Gasteiger partial charge in [-0.25, -0.2) is 9.59 Å². The van der Waals surface area contributed by atoms with Crippen molar-refractivity contribution in [3.63, 3.8) is 0 Å². The highest BCUT2D eigenvalue weighted by atomic mass is 32.2. The molecule has 0 aliphatic heterocycles. The van der Waals surface area contributed by atoms with Gasteiger partial charge in [0.25, 0.3) is 0 Å². The van der Waals surface area contributed by atoms with Gasteiger partial charge in [-0.3, -0.25) is 0 Å². The number of carbonyl (C=O) groups excluding carboxylic acids is 2. The van der Waals surface area contributed by atoms with Crippen LogP contribution in [0.3, 0.4) is 0 Å². The number of urea groups is 1. The van der Waals surface area contributed by atoms with Crippen molar-refractivity contribution in [1.29, 1.82) is 0 Å². The molecule has 0 aromatic heterocycles. The fourth-order valence-electron chi connectivity index (χ4n) is 2.15. The number of esters is 1. The lowest BCUT2D eigenvalue weighted by Crippen LogP contribution is -2.49. The third kappa shape index (κ3) is 7.93. The summed E-state index contributed by atoms with van der Waals surface area (Å²) in [5.41, 5.74) is 1.24. The first-order valence-electron chi connectivity index (χ1n) is 7.74. The van der Waals surface area contributed by atoms with Crippen molar-refractivity contribution in [1.82, 2.24) is 10.6 Å². The molecule has 1 unspecified atom stereocenters. The molecule has 128 valence electrons. The minimum atomic E-state index is -0.603. The van der Waals surface area contributed by atoms with Crippen LogP contribution in [0.15, 0.2) is 30.3 Å². The van der Waals surface area contributed by atoms with E-state index in [9.17, 15) is 9.59 Å². The van der Waals surface area contributed by atoms with Gasteiger partial charge in [0.1, 0.15) is 6.04 Å². The van der Waals surface area contributed by atoms with Crippen LogP contribution in [0.4, 0.5) is 4.79 Å². The largest absolute Gasteiger partial charge is 0.467 e. The number of ether oxygens (including phenoxy) is 1. The fraction of sp³-hybridized carbons (Fsp3) is 0.529. The van der Waals surface area contributed by atoms with Crippen LogP contribution in [0.1, 0.15) is 25.3 Å². The third-order valence-electron chi connectivity index (χ3n) is 3.49. The van der Waals surface area contributed by atoms with Crippen molar-refractivity contribution in [2.45, 2.75) is 38.3 Å². The maximum atomic E-state index is 12.0. The van der Waals surface area contributed by atoms with Gasteiger partial charge in [0.05, 0.1) is 7.11 Å². The van der Waals surface area contributed by atoms with Crippen molar-refractivity contribution in [2.24, 2.45) is 0 Å². The number of hydrogen-bond acceptors (Lipinski definition) is 4. The maximum absolute atomic E-state index is 12.0. The first kappa shape index (κ1) is 19.4. The predicted octanol–water partition coefficient (Wildman–Crippen LogP) is 2.60. The van der Waals surface area contributed by atoms with E-state index >= 15 is 0 Å². The Bertz CT molecular complexity index is 482. The molecule has 0 saturated carbocycles. The van der Waals surface area contributed by atoms with Crippen molar-refractivity contribution < 1.29 is 14.3 Å². The van der Waals surface area contributed by atoms with Gasteiger partial charge in [0.15, 0.2) is 0 Å². The number of amides is 2. The second-order valence-electron chi connectivity index (χ2n) is 5.40. The van der Waals surface area contributed by atoms with Gasteiger partial charge in [-0.1, -0.05) is 30.3 Å². The highest BCUT2D eigenvalue weighted by Crippen LogP contribution is 2.05. The summed E-state index contributed by atoms with van der Waals surface area (Å²) in [6, 6.07) is 9.23. The summed E-state index contributed by atoms with van der Waals surface area (Å²) >= 11 is 1.63. The van der Waals surface area contributed by atoms with E-state index in [-0.39, 0.29) is 12.1 Å². The molecule has 5 nitrogen and oxygen atoms in total. The van der Waals surface area contributed by atoms with Crippen molar-refractivity contribution in [3.8, 4) is 0 Å². The summed E-state index contributed by atoms with van der Waals surface area (Å²) in [7, 11) is 1.33. The summed E-state index contributed by atoms with van der Waals surface area (Å²) < 4.78 is 4.73. The van der Waals surface area contributed by atoms with Crippen LogP contribution in [-0.4, -0.2) is 43.2 Å². The van der Waals surface area contributed by atoms with E-state index in [0.29, 0.717) is 6.42 Å². The number of thioether (sulfide) groups is 1. The van der Waals surface area contributed by atoms with E-state index in [0.717, 1.165) is 18.6 Å². The summed E-state index contributed by atoms with van der Waals surface area (Å²) in [4.78, 5) is 23.7. The fourth-order valence-corrected chi connectivity index (χ4v) is 2.62. The van der Waals surface area contributed by atoms with Gasteiger partial charge in [-0.05, 0) is 43.8 Å². The molecular formula is C17H26N2O3S. The maximum Gasteiger partial charge on any atom is 0.328 e. The summed E-state index contributed by atoms with van der Waals surface area (Å²) in [6.07, 6.45) is 4.25. The van der Waals surface area contributed by atoms with Gasteiger partial charge in [-0.15, -0.1) is 0 Å². The number of benzene rings is 1. The van der Waals surface area contributed by atoms with Crippen molar-refractivity contribution in [3.05, 3.63) is 35.9 Å². The van der Waals surface area contributed by atoms with Crippen LogP contribution in [0, 0.1) is 0 Å². The van der Waals surface area contributed by atoms with Gasteiger partial charge in [-0.2, -0.15) is 11.8 Å². The van der Waals surface area contributed by atoms with Gasteiger partial charge in [0.2, 0.25) is 0 Å². The molecule has 1 rings (SSSR count). The van der Waals surface area contributed by atoms with Crippen LogP contribution in [-0.2, 0) is 16.0 Å². The highest BCUT2D eigenvalue weighted by molar-refractivity contribution is 7.98. The summed E-state index contributed by atoms with van der Waals surface area (Å²) in [5, 5.41) is 5.57. The van der Waals surface area contributed by atoms with E-state index in [2.05, 4.69) is 22.8 Å². The Balaban J connectivity index is 2.38. The Hall–Kier alpha value is -1.69. The second-order valence-corrected chi connectivity index (χ2v) is 6.39. The molecule has 0 bridgehead atoms. The van der Waals surface area contributed by atoms with E-state index < -0.39 is 12.0 Å².